The minimum atomic E-state index is -5.08. The summed E-state index contributed by atoms with van der Waals surface area (Å²) in [5.74, 6) is -11.5. The normalized spacial score (nSPS) is 21.4. The molecule has 1 aromatic heterocycles. The van der Waals surface area contributed by atoms with E-state index in [4.69, 9.17) is 35.4 Å². The van der Waals surface area contributed by atoms with Gasteiger partial charge in [-0.25, -0.2) is 14.4 Å². The number of carboxylic acids is 3. The number of nitrogens with one attached hydrogen (secondary N) is 1. The van der Waals surface area contributed by atoms with Crippen LogP contribution in [-0.2, 0) is 36.0 Å². The maximum atomic E-state index is 13.2. The highest BCUT2D eigenvalue weighted by molar-refractivity contribution is 6.22. The monoisotopic (exact) mass is 795 g/mol. The molecule has 1 aromatic carbocycles. The number of carbonyl (C=O) groups excluding carboxylic acids is 2. The number of likely N-dealkylation sites (N-methyl/N-ethyl adjacent to an activating group) is 1. The predicted molar refractivity (Wildman–Crippen MR) is 161 cm³/mol. The molecule has 5 rings (SSSR count). The first-order chi connectivity index (χ1) is 24.3. The Kier molecular flexibility index (Phi) is 12.7. The number of alkyl halides is 9. The number of anilines is 1. The molecule has 1 heterocycles. The van der Waals surface area contributed by atoms with Gasteiger partial charge >= 0.3 is 36.4 Å². The molecule has 16 nitrogen and oxygen atoms in total. The van der Waals surface area contributed by atoms with Gasteiger partial charge in [0.1, 0.15) is 17.1 Å². The SMILES string of the molecule is CN(C)c1ccc(O)c2c1C[C@@H]1C[C@@H]3[C@@H](N(C)C)C(=O)C(C(N)=O)=C(O)[C@]3(O)c3[nH]nc-2c31.O=C(O)C(F)(F)F.O=C(O)C(F)(F)F.O=C(O)C(F)(F)F. The lowest BCUT2D eigenvalue weighted by molar-refractivity contribution is -0.193. The second kappa shape index (κ2) is 15.4. The molecular weight excluding hydrogens is 765 g/mol. The van der Waals surface area contributed by atoms with E-state index in [0.717, 1.165) is 11.3 Å². The van der Waals surface area contributed by atoms with E-state index in [1.807, 2.05) is 25.1 Å². The number of nitrogens with two attached hydrogens (primary N) is 1. The molecule has 9 N–H and O–H groups in total. The Morgan fingerprint density at radius 3 is 1.69 bits per heavy atom. The highest BCUT2D eigenvalue weighted by atomic mass is 19.4. The first kappa shape index (κ1) is 44.6. The van der Waals surface area contributed by atoms with Crippen molar-refractivity contribution in [1.82, 2.24) is 15.1 Å². The number of aliphatic hydroxyl groups is 2. The topological polar surface area (TPSA) is 268 Å². The van der Waals surface area contributed by atoms with Gasteiger partial charge in [0.15, 0.2) is 11.4 Å². The zero-order chi connectivity index (χ0) is 42.2. The number of aromatic hydroxyl groups is 1. The number of amides is 1. The zero-order valence-corrected chi connectivity index (χ0v) is 27.8. The molecule has 25 heteroatoms. The smallest absolute Gasteiger partial charge is 0.490 e. The van der Waals surface area contributed by atoms with Crippen LogP contribution >= 0.6 is 0 Å². The fraction of sp³-hybridized carbons (Fsp3) is 0.448. The van der Waals surface area contributed by atoms with Gasteiger partial charge in [-0.3, -0.25) is 19.6 Å². The number of carbonyl (C=O) groups is 5. The summed E-state index contributed by atoms with van der Waals surface area (Å²) in [7, 11) is 7.23. The van der Waals surface area contributed by atoms with Crippen molar-refractivity contribution >= 4 is 35.3 Å². The number of hydrogen-bond acceptors (Lipinski definition) is 11. The number of aliphatic hydroxyl groups excluding tert-OH is 1. The molecule has 4 atom stereocenters. The van der Waals surface area contributed by atoms with Crippen LogP contribution in [0, 0.1) is 5.92 Å². The average Bonchev–Trinajstić information content (AvgIpc) is 3.45. The van der Waals surface area contributed by atoms with Crippen molar-refractivity contribution in [2.24, 2.45) is 11.7 Å². The standard InChI is InChI=1S/C23H27N5O5.3C2HF3O2/c1-27(2)12-5-6-13(29)15-10(12)7-9-8-11-18(28(3)4)19(30)16(22(24)32)21(31)23(11,33)20-14(9)17(15)25-26-20;3*3-2(4,5)1(6)7/h5-6,9,11,18,29,31,33H,7-8H2,1-4H3,(H2,24,32)(H,25,26);3*(H,6,7)/t9-,11-,18-,23-;;;/m1.../s1. The average molecular weight is 796 g/mol. The number of benzene rings is 1. The first-order valence-electron chi connectivity index (χ1n) is 14.5. The number of hydrogen-bond donors (Lipinski definition) is 8. The maximum absolute atomic E-state index is 13.2. The van der Waals surface area contributed by atoms with E-state index >= 15 is 0 Å². The van der Waals surface area contributed by atoms with E-state index in [-0.39, 0.29) is 17.4 Å². The molecule has 2 aromatic rings. The number of phenols is 1. The molecule has 3 aliphatic rings. The lowest BCUT2D eigenvalue weighted by Gasteiger charge is -2.50. The summed E-state index contributed by atoms with van der Waals surface area (Å²) in [4.78, 5) is 55.6. The van der Waals surface area contributed by atoms with Gasteiger partial charge in [-0.1, -0.05) is 0 Å². The largest absolute Gasteiger partial charge is 0.508 e. The number of aliphatic carboxylic acids is 3. The Hall–Kier alpha value is -5.59. The summed E-state index contributed by atoms with van der Waals surface area (Å²) in [5.41, 5.74) is 6.66. The van der Waals surface area contributed by atoms with E-state index in [2.05, 4.69) is 10.2 Å². The van der Waals surface area contributed by atoms with Crippen LogP contribution in [0.3, 0.4) is 0 Å². The van der Waals surface area contributed by atoms with Crippen LogP contribution < -0.4 is 10.6 Å². The predicted octanol–water partition coefficient (Wildman–Crippen LogP) is 2.41. The number of carboxylic acid groups (broad SMARTS) is 3. The van der Waals surface area contributed by atoms with E-state index < -0.39 is 77.0 Å². The fourth-order valence-corrected chi connectivity index (χ4v) is 6.08. The van der Waals surface area contributed by atoms with Crippen LogP contribution in [0.1, 0.15) is 29.2 Å². The number of ketones is 1. The van der Waals surface area contributed by atoms with Crippen molar-refractivity contribution in [2.45, 2.75) is 48.9 Å². The quantitative estimate of drug-likeness (QED) is 0.164. The van der Waals surface area contributed by atoms with Gasteiger partial charge in [0.25, 0.3) is 5.91 Å². The number of nitrogens with zero attached hydrogens (tertiary/aromatic N) is 3. The molecule has 0 unspecified atom stereocenters. The lowest BCUT2D eigenvalue weighted by Crippen LogP contribution is -2.60. The highest BCUT2D eigenvalue weighted by Gasteiger charge is 2.61. The minimum absolute atomic E-state index is 0.0695. The third-order valence-corrected chi connectivity index (χ3v) is 8.13. The van der Waals surface area contributed by atoms with Gasteiger partial charge in [-0.15, -0.1) is 0 Å². The Morgan fingerprint density at radius 1 is 0.870 bits per heavy atom. The summed E-state index contributed by atoms with van der Waals surface area (Å²) in [5, 5.41) is 62.4. The second-order valence-corrected chi connectivity index (χ2v) is 12.0. The van der Waals surface area contributed by atoms with Crippen LogP contribution in [0.2, 0.25) is 0 Å². The molecule has 0 spiro atoms. The fourth-order valence-electron chi connectivity index (χ4n) is 6.08. The van der Waals surface area contributed by atoms with Crippen LogP contribution in [0.4, 0.5) is 45.2 Å². The number of aromatic amines is 1. The third-order valence-electron chi connectivity index (χ3n) is 8.13. The molecule has 0 bridgehead atoms. The number of aromatic nitrogens is 2. The van der Waals surface area contributed by atoms with Crippen molar-refractivity contribution in [3.63, 3.8) is 0 Å². The van der Waals surface area contributed by atoms with E-state index in [1.54, 1.807) is 25.1 Å². The molecule has 3 aliphatic carbocycles. The zero-order valence-electron chi connectivity index (χ0n) is 27.8. The van der Waals surface area contributed by atoms with Gasteiger partial charge < -0.3 is 41.3 Å². The van der Waals surface area contributed by atoms with Crippen LogP contribution in [0.25, 0.3) is 11.3 Å². The van der Waals surface area contributed by atoms with Gasteiger partial charge in [-0.05, 0) is 50.6 Å². The van der Waals surface area contributed by atoms with E-state index in [0.29, 0.717) is 29.7 Å². The number of rotatable bonds is 3. The Bertz CT molecular complexity index is 1800. The van der Waals surface area contributed by atoms with Gasteiger partial charge in [-0.2, -0.15) is 44.6 Å². The summed E-state index contributed by atoms with van der Waals surface area (Å²) in [6.45, 7) is 0. The Labute approximate surface area is 295 Å². The minimum Gasteiger partial charge on any atom is -0.508 e. The van der Waals surface area contributed by atoms with Gasteiger partial charge in [0.2, 0.25) is 0 Å². The van der Waals surface area contributed by atoms with Crippen molar-refractivity contribution < 1.29 is 94.1 Å². The number of Topliss-reactive ketones (excluding diaryl/α,β-unsaturated/α-hetero) is 1. The third kappa shape index (κ3) is 8.78. The lowest BCUT2D eigenvalue weighted by atomic mass is 9.59. The van der Waals surface area contributed by atoms with Crippen LogP contribution in [0.15, 0.2) is 23.5 Å². The molecule has 1 amide bonds. The van der Waals surface area contributed by atoms with Crippen LogP contribution in [0.5, 0.6) is 5.75 Å². The molecule has 0 radical (unpaired) electrons. The maximum Gasteiger partial charge on any atom is 0.490 e. The Balaban J connectivity index is 0.000000393. The van der Waals surface area contributed by atoms with Gasteiger partial charge in [0.05, 0.1) is 17.4 Å². The van der Waals surface area contributed by atoms with Crippen molar-refractivity contribution in [3.8, 4) is 17.0 Å². The number of halogens is 9. The van der Waals surface area contributed by atoms with E-state index in [1.165, 1.54) is 0 Å². The molecule has 0 aliphatic heterocycles. The molecule has 0 saturated heterocycles. The summed E-state index contributed by atoms with van der Waals surface area (Å²) >= 11 is 0. The van der Waals surface area contributed by atoms with Crippen molar-refractivity contribution in [3.05, 3.63) is 40.3 Å². The summed E-state index contributed by atoms with van der Waals surface area (Å²) < 4.78 is 95.2. The molecule has 300 valence electrons. The van der Waals surface area contributed by atoms with Crippen molar-refractivity contribution in [2.75, 3.05) is 33.1 Å². The number of H-pyrrole nitrogens is 1. The molecule has 0 fully saturated rings. The number of primary amides is 1. The molecule has 54 heavy (non-hydrogen) atoms. The Morgan fingerprint density at radius 2 is 1.31 bits per heavy atom. The summed E-state index contributed by atoms with van der Waals surface area (Å²) in [6.07, 6.45) is -14.3. The van der Waals surface area contributed by atoms with Gasteiger partial charge in [0, 0.05) is 36.8 Å². The number of fused-ring (bicyclic) bond motifs is 4. The summed E-state index contributed by atoms with van der Waals surface area (Å²) in [6, 6.07) is 2.60. The van der Waals surface area contributed by atoms with Crippen LogP contribution in [-0.4, -0.2) is 128 Å². The second-order valence-electron chi connectivity index (χ2n) is 12.0. The molecule has 0 saturated carbocycles. The first-order valence-corrected chi connectivity index (χ1v) is 14.5. The van der Waals surface area contributed by atoms with Crippen molar-refractivity contribution in [1.29, 1.82) is 0 Å². The highest BCUT2D eigenvalue weighted by Crippen LogP contribution is 2.59. The molecular formula is C29H30F9N5O11. The van der Waals surface area contributed by atoms with E-state index in [9.17, 15) is 64.4 Å². The number of phenolic OH excluding ortho intramolecular Hbond substituents is 1.